The molecule has 0 aliphatic rings. The van der Waals surface area contributed by atoms with Crippen LogP contribution in [0.5, 0.6) is 5.75 Å². The first-order valence-electron chi connectivity index (χ1n) is 6.93. The van der Waals surface area contributed by atoms with E-state index >= 15 is 0 Å². The van der Waals surface area contributed by atoms with Gasteiger partial charge in [0.15, 0.2) is 0 Å². The van der Waals surface area contributed by atoms with Crippen molar-refractivity contribution in [2.45, 2.75) is 39.4 Å². The number of benzene rings is 1. The topological polar surface area (TPSA) is 44.8 Å². The largest absolute Gasteiger partial charge is 0.497 e. The summed E-state index contributed by atoms with van der Waals surface area (Å²) < 4.78 is 15.5. The Morgan fingerprint density at radius 3 is 2.43 bits per heavy atom. The number of ether oxygens (including phenoxy) is 3. The van der Waals surface area contributed by atoms with Crippen LogP contribution in [0.2, 0.25) is 0 Å². The average Bonchev–Trinajstić information content (AvgIpc) is 2.44. The molecule has 0 amide bonds. The van der Waals surface area contributed by atoms with E-state index in [1.165, 1.54) is 13.2 Å². The minimum Gasteiger partial charge on any atom is -0.497 e. The van der Waals surface area contributed by atoms with E-state index in [-0.39, 0.29) is 0 Å². The maximum Gasteiger partial charge on any atom is 0.333 e. The molecule has 0 N–H and O–H groups in total. The van der Waals surface area contributed by atoms with Crippen LogP contribution in [0.15, 0.2) is 24.3 Å². The molecule has 0 bridgehead atoms. The van der Waals surface area contributed by atoms with Gasteiger partial charge in [-0.15, -0.1) is 0 Å². The molecule has 0 aliphatic carbocycles. The van der Waals surface area contributed by atoms with E-state index in [9.17, 15) is 4.79 Å². The summed E-state index contributed by atoms with van der Waals surface area (Å²) in [7, 11) is 3.14. The first-order valence-corrected chi connectivity index (χ1v) is 6.93. The van der Waals surface area contributed by atoms with Crippen molar-refractivity contribution in [3.05, 3.63) is 35.4 Å². The highest BCUT2D eigenvalue weighted by molar-refractivity contribution is 5.87. The zero-order valence-corrected chi connectivity index (χ0v) is 13.6. The lowest BCUT2D eigenvalue weighted by Crippen LogP contribution is -2.29. The van der Waals surface area contributed by atoms with Crippen molar-refractivity contribution in [3.8, 4) is 5.75 Å². The van der Waals surface area contributed by atoms with E-state index in [2.05, 4.69) is 13.8 Å². The van der Waals surface area contributed by atoms with Gasteiger partial charge in [-0.2, -0.15) is 0 Å². The summed E-state index contributed by atoms with van der Waals surface area (Å²) in [5.74, 6) is -0.236. The Labute approximate surface area is 126 Å². The molecule has 1 aromatic rings. The van der Waals surface area contributed by atoms with Gasteiger partial charge in [-0.1, -0.05) is 19.9 Å². The van der Waals surface area contributed by atoms with Crippen LogP contribution in [0.4, 0.5) is 0 Å². The summed E-state index contributed by atoms with van der Waals surface area (Å²) >= 11 is 0. The van der Waals surface area contributed by atoms with Gasteiger partial charge in [-0.05, 0) is 35.3 Å². The van der Waals surface area contributed by atoms with Crippen molar-refractivity contribution in [1.82, 2.24) is 0 Å². The zero-order valence-electron chi connectivity index (χ0n) is 13.6. The maximum absolute atomic E-state index is 11.8. The molecule has 1 aromatic carbocycles. The zero-order chi connectivity index (χ0) is 16.0. The molecule has 21 heavy (non-hydrogen) atoms. The lowest BCUT2D eigenvalue weighted by atomic mass is 9.96. The number of carbonyl (C=O) groups excluding carboxylic acids is 1. The maximum atomic E-state index is 11.8. The summed E-state index contributed by atoms with van der Waals surface area (Å²) in [5.41, 5.74) is 2.09. The normalized spacial score (nSPS) is 12.0. The first kappa shape index (κ1) is 17.2. The van der Waals surface area contributed by atoms with Crippen LogP contribution >= 0.6 is 0 Å². The van der Waals surface area contributed by atoms with E-state index in [0.717, 1.165) is 16.9 Å². The van der Waals surface area contributed by atoms with Gasteiger partial charge in [0.05, 0.1) is 7.11 Å². The van der Waals surface area contributed by atoms with E-state index in [1.807, 2.05) is 18.2 Å². The molecule has 116 valence electrons. The standard InChI is InChI=1S/C17H24O4/c1-12(2)15-11-14(19-5)9-7-13(15)8-10-16(18)21-17(3,4)20-6/h7-12H,1-6H3/b10-8+. The Balaban J connectivity index is 2.92. The molecule has 0 unspecified atom stereocenters. The van der Waals surface area contributed by atoms with Crippen molar-refractivity contribution in [2.24, 2.45) is 0 Å². The number of hydrogen-bond donors (Lipinski definition) is 0. The number of rotatable bonds is 6. The van der Waals surface area contributed by atoms with E-state index in [4.69, 9.17) is 14.2 Å². The van der Waals surface area contributed by atoms with Crippen LogP contribution in [-0.2, 0) is 14.3 Å². The van der Waals surface area contributed by atoms with Crippen molar-refractivity contribution in [2.75, 3.05) is 14.2 Å². The minimum absolute atomic E-state index is 0.325. The molecule has 1 rings (SSSR count). The van der Waals surface area contributed by atoms with Crippen molar-refractivity contribution >= 4 is 12.0 Å². The predicted molar refractivity (Wildman–Crippen MR) is 83.3 cm³/mol. The van der Waals surface area contributed by atoms with Gasteiger partial charge in [0.2, 0.25) is 5.79 Å². The Morgan fingerprint density at radius 2 is 1.90 bits per heavy atom. The minimum atomic E-state index is -0.928. The van der Waals surface area contributed by atoms with Crippen LogP contribution < -0.4 is 4.74 Å². The molecule has 4 nitrogen and oxygen atoms in total. The second-order valence-corrected chi connectivity index (χ2v) is 5.51. The highest BCUT2D eigenvalue weighted by Gasteiger charge is 2.20. The Hall–Kier alpha value is -1.81. The van der Waals surface area contributed by atoms with Gasteiger partial charge >= 0.3 is 5.97 Å². The lowest BCUT2D eigenvalue weighted by molar-refractivity contribution is -0.200. The molecule has 0 radical (unpaired) electrons. The molecule has 4 heteroatoms. The monoisotopic (exact) mass is 292 g/mol. The number of carbonyl (C=O) groups is 1. The van der Waals surface area contributed by atoms with E-state index in [0.29, 0.717) is 5.92 Å². The summed E-state index contributed by atoms with van der Waals surface area (Å²) in [4.78, 5) is 11.8. The fourth-order valence-electron chi connectivity index (χ4n) is 1.81. The van der Waals surface area contributed by atoms with Crippen LogP contribution in [-0.4, -0.2) is 26.0 Å². The van der Waals surface area contributed by atoms with Crippen LogP contribution in [0.3, 0.4) is 0 Å². The number of methoxy groups -OCH3 is 2. The molecule has 0 saturated carbocycles. The second kappa shape index (κ2) is 7.27. The van der Waals surface area contributed by atoms with Crippen LogP contribution in [0, 0.1) is 0 Å². The van der Waals surface area contributed by atoms with Crippen molar-refractivity contribution < 1.29 is 19.0 Å². The number of hydrogen-bond acceptors (Lipinski definition) is 4. The third-order valence-electron chi connectivity index (χ3n) is 3.15. The molecule has 0 aliphatic heterocycles. The summed E-state index contributed by atoms with van der Waals surface area (Å²) in [6, 6.07) is 5.78. The molecular weight excluding hydrogens is 268 g/mol. The smallest absolute Gasteiger partial charge is 0.333 e. The molecule has 0 atom stereocenters. The molecule has 0 fully saturated rings. The van der Waals surface area contributed by atoms with E-state index in [1.54, 1.807) is 27.0 Å². The first-order chi connectivity index (χ1) is 9.79. The fourth-order valence-corrected chi connectivity index (χ4v) is 1.81. The van der Waals surface area contributed by atoms with Gasteiger partial charge in [-0.25, -0.2) is 4.79 Å². The van der Waals surface area contributed by atoms with Gasteiger partial charge in [-0.3, -0.25) is 0 Å². The van der Waals surface area contributed by atoms with Crippen LogP contribution in [0.1, 0.15) is 44.7 Å². The SMILES string of the molecule is COc1ccc(/C=C/C(=O)OC(C)(C)OC)c(C(C)C)c1. The second-order valence-electron chi connectivity index (χ2n) is 5.51. The van der Waals surface area contributed by atoms with E-state index < -0.39 is 11.8 Å². The van der Waals surface area contributed by atoms with Gasteiger partial charge < -0.3 is 14.2 Å². The highest BCUT2D eigenvalue weighted by atomic mass is 16.7. The molecular formula is C17H24O4. The highest BCUT2D eigenvalue weighted by Crippen LogP contribution is 2.25. The third-order valence-corrected chi connectivity index (χ3v) is 3.15. The predicted octanol–water partition coefficient (Wildman–Crippen LogP) is 3.76. The van der Waals surface area contributed by atoms with Gasteiger partial charge in [0.25, 0.3) is 0 Å². The third kappa shape index (κ3) is 5.23. The fraction of sp³-hybridized carbons (Fsp3) is 0.471. The lowest BCUT2D eigenvalue weighted by Gasteiger charge is -2.22. The molecule has 0 spiro atoms. The molecule has 0 aromatic heterocycles. The quantitative estimate of drug-likeness (QED) is 0.455. The average molecular weight is 292 g/mol. The Morgan fingerprint density at radius 1 is 1.24 bits per heavy atom. The Kier molecular flexibility index (Phi) is 5.97. The van der Waals surface area contributed by atoms with Crippen LogP contribution in [0.25, 0.3) is 6.08 Å². The number of esters is 1. The molecule has 0 saturated heterocycles. The summed E-state index contributed by atoms with van der Waals surface area (Å²) in [6.45, 7) is 7.56. The van der Waals surface area contributed by atoms with Crippen molar-refractivity contribution in [3.63, 3.8) is 0 Å². The Bertz CT molecular complexity index is 516. The van der Waals surface area contributed by atoms with Crippen molar-refractivity contribution in [1.29, 1.82) is 0 Å². The summed E-state index contributed by atoms with van der Waals surface area (Å²) in [6.07, 6.45) is 3.16. The molecule has 0 heterocycles. The van der Waals surface area contributed by atoms with Gasteiger partial charge in [0.1, 0.15) is 5.75 Å². The summed E-state index contributed by atoms with van der Waals surface area (Å²) in [5, 5.41) is 0. The van der Waals surface area contributed by atoms with Gasteiger partial charge in [0, 0.05) is 27.0 Å².